The maximum absolute atomic E-state index is 13.6. The third-order valence-electron chi connectivity index (χ3n) is 3.05. The van der Waals surface area contributed by atoms with Crippen LogP contribution in [0.15, 0.2) is 36.4 Å². The number of nitrogens with one attached hydrogen (secondary N) is 1. The zero-order valence-corrected chi connectivity index (χ0v) is 10.8. The number of hydrogen-bond donors (Lipinski definition) is 1. The summed E-state index contributed by atoms with van der Waals surface area (Å²) >= 11 is 5.89. The Kier molecular flexibility index (Phi) is 3.03. The van der Waals surface area contributed by atoms with Crippen molar-refractivity contribution in [3.05, 3.63) is 64.2 Å². The first-order valence-corrected chi connectivity index (χ1v) is 6.21. The minimum Gasteiger partial charge on any atom is -0.321 e. The molecule has 1 aliphatic heterocycles. The van der Waals surface area contributed by atoms with E-state index in [4.69, 9.17) is 11.6 Å². The third-order valence-corrected chi connectivity index (χ3v) is 3.29. The average Bonchev–Trinajstić information content (AvgIpc) is 2.70. The highest BCUT2D eigenvalue weighted by Gasteiger charge is 2.25. The first kappa shape index (κ1) is 12.8. The van der Waals surface area contributed by atoms with Crippen LogP contribution in [0.5, 0.6) is 0 Å². The summed E-state index contributed by atoms with van der Waals surface area (Å²) in [5.41, 5.74) is 1.05. The molecule has 1 heterocycles. The van der Waals surface area contributed by atoms with Crippen LogP contribution in [0.4, 0.5) is 14.5 Å². The van der Waals surface area contributed by atoms with E-state index in [9.17, 15) is 13.6 Å². The molecule has 2 aromatic rings. The molecule has 0 fully saturated rings. The summed E-state index contributed by atoms with van der Waals surface area (Å²) in [5.74, 6) is -1.86. The van der Waals surface area contributed by atoms with Crippen molar-refractivity contribution in [3.63, 3.8) is 0 Å². The number of amides is 1. The van der Waals surface area contributed by atoms with E-state index in [1.807, 2.05) is 0 Å². The fourth-order valence-corrected chi connectivity index (χ4v) is 2.27. The molecule has 1 aliphatic rings. The van der Waals surface area contributed by atoms with Gasteiger partial charge in [0.05, 0.1) is 0 Å². The molecule has 0 radical (unpaired) electrons. The summed E-state index contributed by atoms with van der Waals surface area (Å²) in [5, 5.41) is 3.07. The van der Waals surface area contributed by atoms with Crippen LogP contribution in [0.2, 0.25) is 5.02 Å². The lowest BCUT2D eigenvalue weighted by atomic mass is 10.0. The van der Waals surface area contributed by atoms with E-state index in [1.165, 1.54) is 12.1 Å². The summed E-state index contributed by atoms with van der Waals surface area (Å²) in [4.78, 5) is 11.9. The van der Waals surface area contributed by atoms with Crippen LogP contribution in [-0.4, -0.2) is 5.91 Å². The zero-order valence-electron chi connectivity index (χ0n) is 10.1. The highest BCUT2D eigenvalue weighted by atomic mass is 35.5. The van der Waals surface area contributed by atoms with Crippen molar-refractivity contribution in [1.82, 2.24) is 0 Å². The molecule has 0 atom stereocenters. The monoisotopic (exact) mass is 291 g/mol. The average molecular weight is 292 g/mol. The van der Waals surface area contributed by atoms with Crippen LogP contribution < -0.4 is 5.32 Å². The number of halogens is 3. The number of anilines is 1. The summed E-state index contributed by atoms with van der Waals surface area (Å²) in [6, 6.07) is 8.41. The Labute approximate surface area is 118 Å². The predicted octanol–water partition coefficient (Wildman–Crippen LogP) is 4.11. The van der Waals surface area contributed by atoms with Gasteiger partial charge >= 0.3 is 0 Å². The Hall–Kier alpha value is -2.20. The van der Waals surface area contributed by atoms with E-state index in [-0.39, 0.29) is 11.1 Å². The molecule has 1 amide bonds. The molecule has 0 saturated carbocycles. The van der Waals surface area contributed by atoms with Gasteiger partial charge in [-0.25, -0.2) is 8.78 Å². The number of benzene rings is 2. The van der Waals surface area contributed by atoms with E-state index in [2.05, 4.69) is 5.32 Å². The van der Waals surface area contributed by atoms with E-state index in [1.54, 1.807) is 18.2 Å². The highest BCUT2D eigenvalue weighted by Crippen LogP contribution is 2.35. The number of fused-ring (bicyclic) bond motifs is 1. The van der Waals surface area contributed by atoms with E-state index >= 15 is 0 Å². The predicted molar refractivity (Wildman–Crippen MR) is 74.3 cm³/mol. The lowest BCUT2D eigenvalue weighted by Crippen LogP contribution is -2.04. The second kappa shape index (κ2) is 4.72. The molecular weight excluding hydrogens is 284 g/mol. The summed E-state index contributed by atoms with van der Waals surface area (Å²) in [6.07, 6.45) is 1.20. The smallest absolute Gasteiger partial charge is 0.256 e. The van der Waals surface area contributed by atoms with Gasteiger partial charge in [0.25, 0.3) is 5.91 Å². The van der Waals surface area contributed by atoms with Crippen LogP contribution in [-0.2, 0) is 4.79 Å². The Bertz CT molecular complexity index is 735. The van der Waals surface area contributed by atoms with Gasteiger partial charge in [0, 0.05) is 27.4 Å². The number of carbonyl (C=O) groups excluding carboxylic acids is 1. The van der Waals surface area contributed by atoms with Crippen LogP contribution >= 0.6 is 11.6 Å². The largest absolute Gasteiger partial charge is 0.321 e. The van der Waals surface area contributed by atoms with E-state index < -0.39 is 17.5 Å². The quantitative estimate of drug-likeness (QED) is 0.787. The van der Waals surface area contributed by atoms with Gasteiger partial charge in [-0.3, -0.25) is 4.79 Å². The molecule has 5 heteroatoms. The minimum absolute atomic E-state index is 0.187. The van der Waals surface area contributed by atoms with Gasteiger partial charge < -0.3 is 5.32 Å². The third kappa shape index (κ3) is 2.08. The molecular formula is C15H8ClF2NO. The SMILES string of the molecule is O=C1Nc2ccc(Cl)cc2/C1=C\c1c(F)cccc1F. The molecule has 0 saturated heterocycles. The Morgan fingerprint density at radius 2 is 1.80 bits per heavy atom. The van der Waals surface area contributed by atoms with Crippen molar-refractivity contribution in [2.45, 2.75) is 0 Å². The van der Waals surface area contributed by atoms with Gasteiger partial charge in [0.15, 0.2) is 0 Å². The summed E-state index contributed by atoms with van der Waals surface area (Å²) < 4.78 is 27.3. The molecule has 0 aromatic heterocycles. The van der Waals surface area contributed by atoms with Crippen molar-refractivity contribution in [2.75, 3.05) is 5.32 Å². The normalized spacial score (nSPS) is 15.3. The highest BCUT2D eigenvalue weighted by molar-refractivity contribution is 6.36. The van der Waals surface area contributed by atoms with Crippen molar-refractivity contribution >= 4 is 34.8 Å². The second-order valence-corrected chi connectivity index (χ2v) is 4.77. The fourth-order valence-electron chi connectivity index (χ4n) is 2.10. The van der Waals surface area contributed by atoms with Crippen molar-refractivity contribution < 1.29 is 13.6 Å². The van der Waals surface area contributed by atoms with Crippen molar-refractivity contribution in [1.29, 1.82) is 0 Å². The molecule has 20 heavy (non-hydrogen) atoms. The molecule has 0 aliphatic carbocycles. The lowest BCUT2D eigenvalue weighted by molar-refractivity contribution is -0.110. The standard InChI is InChI=1S/C15H8ClF2NO/c16-8-4-5-14-9(6-8)10(15(20)19-14)7-11-12(17)2-1-3-13(11)18/h1-7H,(H,19,20)/b10-7+. The van der Waals surface area contributed by atoms with Crippen LogP contribution in [0.1, 0.15) is 11.1 Å². The van der Waals surface area contributed by atoms with Gasteiger partial charge in [-0.1, -0.05) is 17.7 Å². The second-order valence-electron chi connectivity index (χ2n) is 4.34. The minimum atomic E-state index is -0.722. The molecule has 3 rings (SSSR count). The van der Waals surface area contributed by atoms with Crippen LogP contribution in [0.25, 0.3) is 11.6 Å². The maximum Gasteiger partial charge on any atom is 0.256 e. The lowest BCUT2D eigenvalue weighted by Gasteiger charge is -2.02. The Morgan fingerprint density at radius 1 is 1.10 bits per heavy atom. The van der Waals surface area contributed by atoms with E-state index in [0.717, 1.165) is 12.1 Å². The Morgan fingerprint density at radius 3 is 2.50 bits per heavy atom. The Balaban J connectivity index is 2.18. The van der Waals surface area contributed by atoms with Gasteiger partial charge in [0.1, 0.15) is 11.6 Å². The maximum atomic E-state index is 13.6. The molecule has 100 valence electrons. The first-order valence-electron chi connectivity index (χ1n) is 5.83. The van der Waals surface area contributed by atoms with Gasteiger partial charge in [-0.2, -0.15) is 0 Å². The molecule has 2 aromatic carbocycles. The molecule has 0 spiro atoms. The number of hydrogen-bond acceptors (Lipinski definition) is 1. The molecule has 0 bridgehead atoms. The van der Waals surface area contributed by atoms with Gasteiger partial charge in [-0.15, -0.1) is 0 Å². The van der Waals surface area contributed by atoms with Gasteiger partial charge in [-0.05, 0) is 36.4 Å². The van der Waals surface area contributed by atoms with Crippen molar-refractivity contribution in [3.8, 4) is 0 Å². The van der Waals surface area contributed by atoms with E-state index in [0.29, 0.717) is 16.3 Å². The van der Waals surface area contributed by atoms with Gasteiger partial charge in [0.2, 0.25) is 0 Å². The summed E-state index contributed by atoms with van der Waals surface area (Å²) in [6.45, 7) is 0. The molecule has 0 unspecified atom stereocenters. The first-order chi connectivity index (χ1) is 9.56. The van der Waals surface area contributed by atoms with Crippen molar-refractivity contribution in [2.24, 2.45) is 0 Å². The summed E-state index contributed by atoms with van der Waals surface area (Å²) in [7, 11) is 0. The number of rotatable bonds is 1. The number of carbonyl (C=O) groups is 1. The topological polar surface area (TPSA) is 29.1 Å². The molecule has 1 N–H and O–H groups in total. The zero-order chi connectivity index (χ0) is 14.3. The molecule has 2 nitrogen and oxygen atoms in total. The van der Waals surface area contributed by atoms with Crippen LogP contribution in [0.3, 0.4) is 0 Å². The fraction of sp³-hybridized carbons (Fsp3) is 0. The van der Waals surface area contributed by atoms with Crippen LogP contribution in [0, 0.1) is 11.6 Å².